The molecule has 5 nitrogen and oxygen atoms in total. The maximum atomic E-state index is 11.2. The Morgan fingerprint density at radius 3 is 2.40 bits per heavy atom. The van der Waals surface area contributed by atoms with E-state index in [1.54, 1.807) is 7.05 Å². The fraction of sp³-hybridized carbons (Fsp3) is 0.222. The van der Waals surface area contributed by atoms with Crippen LogP contribution in [-0.4, -0.2) is 32.8 Å². The molecule has 0 amide bonds. The lowest BCUT2D eigenvalue weighted by molar-refractivity contribution is 0.0697. The van der Waals surface area contributed by atoms with Crippen LogP contribution in [-0.2, 0) is 9.84 Å². The van der Waals surface area contributed by atoms with E-state index in [9.17, 15) is 13.2 Å². The summed E-state index contributed by atoms with van der Waals surface area (Å²) in [6, 6.07) is 3.94. The van der Waals surface area contributed by atoms with Gasteiger partial charge in [0, 0.05) is 19.0 Å². The Balaban J connectivity index is 3.42. The number of rotatable bonds is 3. The fourth-order valence-electron chi connectivity index (χ4n) is 1.15. The molecule has 0 aliphatic carbocycles. The molecule has 1 aromatic rings. The van der Waals surface area contributed by atoms with Gasteiger partial charge in [0.2, 0.25) is 0 Å². The van der Waals surface area contributed by atoms with Crippen LogP contribution in [0.15, 0.2) is 23.1 Å². The van der Waals surface area contributed by atoms with Crippen molar-refractivity contribution in [2.24, 2.45) is 0 Å². The number of carboxylic acids is 1. The molecule has 82 valence electrons. The predicted molar refractivity (Wildman–Crippen MR) is 56.1 cm³/mol. The highest BCUT2D eigenvalue weighted by atomic mass is 32.2. The molecular formula is C9H11NO4S. The van der Waals surface area contributed by atoms with Crippen molar-refractivity contribution in [1.29, 1.82) is 0 Å². The van der Waals surface area contributed by atoms with Crippen LogP contribution in [0.25, 0.3) is 0 Å². The van der Waals surface area contributed by atoms with Crippen molar-refractivity contribution >= 4 is 21.5 Å². The molecule has 0 unspecified atom stereocenters. The topological polar surface area (TPSA) is 83.5 Å². The molecule has 2 N–H and O–H groups in total. The number of nitrogens with one attached hydrogen (secondary N) is 1. The Morgan fingerprint density at radius 1 is 1.40 bits per heavy atom. The summed E-state index contributed by atoms with van der Waals surface area (Å²) in [5, 5.41) is 11.5. The Labute approximate surface area is 87.7 Å². The zero-order valence-corrected chi connectivity index (χ0v) is 9.13. The molecule has 0 atom stereocenters. The lowest BCUT2D eigenvalue weighted by Crippen LogP contribution is -2.05. The van der Waals surface area contributed by atoms with Gasteiger partial charge in [0.05, 0.1) is 10.5 Å². The third-order valence-electron chi connectivity index (χ3n) is 1.92. The lowest BCUT2D eigenvalue weighted by atomic mass is 10.2. The molecule has 0 aromatic heterocycles. The summed E-state index contributed by atoms with van der Waals surface area (Å²) >= 11 is 0. The molecule has 0 fully saturated rings. The molecule has 0 saturated carbocycles. The summed E-state index contributed by atoms with van der Waals surface area (Å²) < 4.78 is 22.4. The van der Waals surface area contributed by atoms with Gasteiger partial charge in [-0.3, -0.25) is 0 Å². The van der Waals surface area contributed by atoms with Crippen molar-refractivity contribution in [2.45, 2.75) is 4.90 Å². The summed E-state index contributed by atoms with van der Waals surface area (Å²) in [7, 11) is -1.80. The first kappa shape index (κ1) is 11.5. The molecule has 0 bridgehead atoms. The van der Waals surface area contributed by atoms with Gasteiger partial charge < -0.3 is 10.4 Å². The van der Waals surface area contributed by atoms with Crippen LogP contribution in [0, 0.1) is 0 Å². The quantitative estimate of drug-likeness (QED) is 0.802. The zero-order chi connectivity index (χ0) is 11.6. The Bertz CT molecular complexity index is 493. The van der Waals surface area contributed by atoms with E-state index in [2.05, 4.69) is 5.32 Å². The summed E-state index contributed by atoms with van der Waals surface area (Å²) in [6.45, 7) is 0. The normalized spacial score (nSPS) is 11.1. The summed E-state index contributed by atoms with van der Waals surface area (Å²) in [5.41, 5.74) is 0.329. The smallest absolute Gasteiger partial charge is 0.337 e. The second-order valence-corrected chi connectivity index (χ2v) is 5.05. The van der Waals surface area contributed by atoms with Crippen LogP contribution < -0.4 is 5.32 Å². The van der Waals surface area contributed by atoms with Gasteiger partial charge in [0.25, 0.3) is 0 Å². The Hall–Kier alpha value is -1.56. The van der Waals surface area contributed by atoms with E-state index in [1.807, 2.05) is 0 Å². The van der Waals surface area contributed by atoms with E-state index in [-0.39, 0.29) is 10.5 Å². The molecule has 0 radical (unpaired) electrons. The molecule has 0 heterocycles. The second kappa shape index (κ2) is 3.90. The molecule has 0 saturated heterocycles. The lowest BCUT2D eigenvalue weighted by Gasteiger charge is -2.06. The molecule has 6 heteroatoms. The maximum absolute atomic E-state index is 11.2. The molecule has 1 aromatic carbocycles. The van der Waals surface area contributed by atoms with Gasteiger partial charge in [-0.05, 0) is 18.2 Å². The highest BCUT2D eigenvalue weighted by Gasteiger charge is 2.14. The van der Waals surface area contributed by atoms with Crippen LogP contribution in [0.3, 0.4) is 0 Å². The molecular weight excluding hydrogens is 218 g/mol. The standard InChI is InChI=1S/C9H11NO4S/c1-10-8-4-3-6(15(2,13)14)5-7(8)9(11)12/h3-5,10H,1-2H3,(H,11,12). The predicted octanol–water partition coefficient (Wildman–Crippen LogP) is 0.830. The van der Waals surface area contributed by atoms with Gasteiger partial charge in [-0.2, -0.15) is 0 Å². The molecule has 0 aliphatic heterocycles. The fourth-order valence-corrected chi connectivity index (χ4v) is 1.80. The van der Waals surface area contributed by atoms with Crippen molar-refractivity contribution in [2.75, 3.05) is 18.6 Å². The van der Waals surface area contributed by atoms with E-state index < -0.39 is 15.8 Å². The van der Waals surface area contributed by atoms with E-state index in [0.717, 1.165) is 12.3 Å². The summed E-state index contributed by atoms with van der Waals surface area (Å²) in [5.74, 6) is -1.16. The van der Waals surface area contributed by atoms with Crippen molar-refractivity contribution in [3.05, 3.63) is 23.8 Å². The minimum Gasteiger partial charge on any atom is -0.478 e. The second-order valence-electron chi connectivity index (χ2n) is 3.03. The van der Waals surface area contributed by atoms with E-state index in [1.165, 1.54) is 12.1 Å². The first-order chi connectivity index (χ1) is 6.86. The minimum atomic E-state index is -3.37. The van der Waals surface area contributed by atoms with Gasteiger partial charge in [-0.1, -0.05) is 0 Å². The summed E-state index contributed by atoms with van der Waals surface area (Å²) in [4.78, 5) is 10.8. The number of carbonyl (C=O) groups is 1. The highest BCUT2D eigenvalue weighted by molar-refractivity contribution is 7.90. The van der Waals surface area contributed by atoms with Gasteiger partial charge in [-0.25, -0.2) is 13.2 Å². The average molecular weight is 229 g/mol. The SMILES string of the molecule is CNc1ccc(S(C)(=O)=O)cc1C(=O)O. The molecule has 0 spiro atoms. The van der Waals surface area contributed by atoms with Crippen LogP contribution in [0.2, 0.25) is 0 Å². The number of carboxylic acid groups (broad SMARTS) is 1. The Kier molecular flexibility index (Phi) is 2.99. The highest BCUT2D eigenvalue weighted by Crippen LogP contribution is 2.19. The van der Waals surface area contributed by atoms with Crippen molar-refractivity contribution in [1.82, 2.24) is 0 Å². The molecule has 0 aliphatic rings. The third kappa shape index (κ3) is 2.47. The number of sulfone groups is 1. The van der Waals surface area contributed by atoms with Crippen molar-refractivity contribution in [3.63, 3.8) is 0 Å². The van der Waals surface area contributed by atoms with Gasteiger partial charge in [-0.15, -0.1) is 0 Å². The van der Waals surface area contributed by atoms with Crippen molar-refractivity contribution < 1.29 is 18.3 Å². The molecule has 15 heavy (non-hydrogen) atoms. The minimum absolute atomic E-state index is 0.00102. The first-order valence-corrected chi connectivity index (χ1v) is 6.00. The van der Waals surface area contributed by atoms with Crippen LogP contribution in [0.1, 0.15) is 10.4 Å². The monoisotopic (exact) mass is 229 g/mol. The number of anilines is 1. The van der Waals surface area contributed by atoms with E-state index in [4.69, 9.17) is 5.11 Å². The number of benzene rings is 1. The van der Waals surface area contributed by atoms with Crippen molar-refractivity contribution in [3.8, 4) is 0 Å². The first-order valence-electron chi connectivity index (χ1n) is 4.11. The van der Waals surface area contributed by atoms with Crippen LogP contribution >= 0.6 is 0 Å². The maximum Gasteiger partial charge on any atom is 0.337 e. The largest absolute Gasteiger partial charge is 0.478 e. The summed E-state index contributed by atoms with van der Waals surface area (Å²) in [6.07, 6.45) is 1.03. The third-order valence-corrected chi connectivity index (χ3v) is 3.03. The number of aromatic carboxylic acids is 1. The van der Waals surface area contributed by atoms with E-state index >= 15 is 0 Å². The van der Waals surface area contributed by atoms with E-state index in [0.29, 0.717) is 5.69 Å². The zero-order valence-electron chi connectivity index (χ0n) is 8.31. The van der Waals surface area contributed by atoms with Gasteiger partial charge in [0.1, 0.15) is 0 Å². The van der Waals surface area contributed by atoms with Crippen LogP contribution in [0.5, 0.6) is 0 Å². The number of hydrogen-bond donors (Lipinski definition) is 2. The number of hydrogen-bond acceptors (Lipinski definition) is 4. The molecule has 1 rings (SSSR count). The Morgan fingerprint density at radius 2 is 2.00 bits per heavy atom. The van der Waals surface area contributed by atoms with Gasteiger partial charge >= 0.3 is 5.97 Å². The average Bonchev–Trinajstić information content (AvgIpc) is 2.15. The van der Waals surface area contributed by atoms with Crippen LogP contribution in [0.4, 0.5) is 5.69 Å². The van der Waals surface area contributed by atoms with Gasteiger partial charge in [0.15, 0.2) is 9.84 Å².